The van der Waals surface area contributed by atoms with E-state index < -0.39 is 0 Å². The van der Waals surface area contributed by atoms with E-state index in [-0.39, 0.29) is 0 Å². The molecular formula is C13H23N3O. The van der Waals surface area contributed by atoms with Gasteiger partial charge in [0.2, 0.25) is 0 Å². The van der Waals surface area contributed by atoms with Crippen LogP contribution in [-0.2, 0) is 13.1 Å². The third kappa shape index (κ3) is 3.82. The summed E-state index contributed by atoms with van der Waals surface area (Å²) in [5.41, 5.74) is 1.01. The van der Waals surface area contributed by atoms with Gasteiger partial charge in [0, 0.05) is 19.2 Å². The van der Waals surface area contributed by atoms with Gasteiger partial charge in [-0.25, -0.2) is 0 Å². The zero-order valence-electron chi connectivity index (χ0n) is 10.9. The van der Waals surface area contributed by atoms with Crippen molar-refractivity contribution in [1.29, 1.82) is 0 Å². The summed E-state index contributed by atoms with van der Waals surface area (Å²) in [6.45, 7) is 9.59. The Morgan fingerprint density at radius 1 is 1.59 bits per heavy atom. The molecule has 1 aliphatic heterocycles. The van der Waals surface area contributed by atoms with Crippen LogP contribution in [0.15, 0.2) is 10.6 Å². The number of likely N-dealkylation sites (tertiary alicyclic amines) is 1. The molecule has 1 aromatic rings. The Kier molecular flexibility index (Phi) is 4.57. The molecule has 0 aromatic carbocycles. The zero-order chi connectivity index (χ0) is 12.1. The molecule has 2 heterocycles. The fourth-order valence-electron chi connectivity index (χ4n) is 2.30. The van der Waals surface area contributed by atoms with E-state index in [1.54, 1.807) is 0 Å². The van der Waals surface area contributed by atoms with E-state index in [4.69, 9.17) is 4.52 Å². The van der Waals surface area contributed by atoms with Crippen molar-refractivity contribution < 1.29 is 4.52 Å². The van der Waals surface area contributed by atoms with Crippen LogP contribution in [0.25, 0.3) is 0 Å². The summed E-state index contributed by atoms with van der Waals surface area (Å²) in [7, 11) is 0. The fourth-order valence-corrected chi connectivity index (χ4v) is 2.30. The quantitative estimate of drug-likeness (QED) is 0.769. The van der Waals surface area contributed by atoms with Crippen molar-refractivity contribution in [2.75, 3.05) is 19.6 Å². The first kappa shape index (κ1) is 12.6. The second kappa shape index (κ2) is 6.17. The Bertz CT molecular complexity index is 337. The Morgan fingerprint density at radius 3 is 3.18 bits per heavy atom. The molecule has 1 aromatic heterocycles. The Morgan fingerprint density at radius 2 is 2.47 bits per heavy atom. The van der Waals surface area contributed by atoms with Gasteiger partial charge in [0.25, 0.3) is 0 Å². The molecule has 0 spiro atoms. The van der Waals surface area contributed by atoms with Gasteiger partial charge >= 0.3 is 0 Å². The molecule has 1 atom stereocenters. The summed E-state index contributed by atoms with van der Waals surface area (Å²) in [4.78, 5) is 2.44. The van der Waals surface area contributed by atoms with Gasteiger partial charge in [-0.15, -0.1) is 0 Å². The smallest absolute Gasteiger partial charge is 0.151 e. The summed E-state index contributed by atoms with van der Waals surface area (Å²) in [5, 5.41) is 7.41. The molecular weight excluding hydrogens is 214 g/mol. The molecule has 0 bridgehead atoms. The fraction of sp³-hybridized carbons (Fsp3) is 0.769. The highest BCUT2D eigenvalue weighted by molar-refractivity contribution is 5.05. The van der Waals surface area contributed by atoms with E-state index >= 15 is 0 Å². The average molecular weight is 237 g/mol. The van der Waals surface area contributed by atoms with E-state index in [2.05, 4.69) is 35.3 Å². The van der Waals surface area contributed by atoms with Crippen LogP contribution in [0.3, 0.4) is 0 Å². The maximum Gasteiger partial charge on any atom is 0.151 e. The highest BCUT2D eigenvalue weighted by atomic mass is 16.5. The van der Waals surface area contributed by atoms with E-state index in [9.17, 15) is 0 Å². The maximum absolute atomic E-state index is 5.36. The average Bonchev–Trinajstić information content (AvgIpc) is 2.90. The second-order valence-corrected chi connectivity index (χ2v) is 5.09. The number of aromatic nitrogens is 1. The minimum absolute atomic E-state index is 0.813. The van der Waals surface area contributed by atoms with Gasteiger partial charge < -0.3 is 9.84 Å². The van der Waals surface area contributed by atoms with Crippen LogP contribution in [0.1, 0.15) is 38.1 Å². The lowest BCUT2D eigenvalue weighted by molar-refractivity contribution is 0.267. The van der Waals surface area contributed by atoms with Crippen molar-refractivity contribution in [3.05, 3.63) is 17.5 Å². The summed E-state index contributed by atoms with van der Waals surface area (Å²) >= 11 is 0. The van der Waals surface area contributed by atoms with Gasteiger partial charge in [-0.05, 0) is 31.8 Å². The lowest BCUT2D eigenvalue weighted by Gasteiger charge is -2.11. The van der Waals surface area contributed by atoms with Crippen LogP contribution in [-0.4, -0.2) is 29.7 Å². The third-order valence-corrected chi connectivity index (χ3v) is 3.23. The number of rotatable bonds is 6. The van der Waals surface area contributed by atoms with Crippen molar-refractivity contribution >= 4 is 0 Å². The molecule has 0 amide bonds. The van der Waals surface area contributed by atoms with E-state index in [0.717, 1.165) is 43.4 Å². The Labute approximate surface area is 103 Å². The van der Waals surface area contributed by atoms with Gasteiger partial charge in [0.05, 0.1) is 12.2 Å². The van der Waals surface area contributed by atoms with Crippen LogP contribution in [0.5, 0.6) is 0 Å². The number of nitrogens with one attached hydrogen (secondary N) is 1. The molecule has 1 aliphatic rings. The summed E-state index contributed by atoms with van der Waals surface area (Å²) in [6, 6.07) is 2.08. The molecule has 4 heteroatoms. The topological polar surface area (TPSA) is 41.3 Å². The first-order valence-electron chi connectivity index (χ1n) is 6.65. The SMILES string of the molecule is CCCNCc1cc(CN2CCC(C)C2)on1. The maximum atomic E-state index is 5.36. The summed E-state index contributed by atoms with van der Waals surface area (Å²) < 4.78 is 5.36. The summed E-state index contributed by atoms with van der Waals surface area (Å²) in [6.07, 6.45) is 2.45. The van der Waals surface area contributed by atoms with Crippen molar-refractivity contribution in [2.24, 2.45) is 5.92 Å². The molecule has 0 radical (unpaired) electrons. The van der Waals surface area contributed by atoms with Crippen molar-refractivity contribution in [1.82, 2.24) is 15.4 Å². The van der Waals surface area contributed by atoms with E-state index in [1.807, 2.05) is 0 Å². The lowest BCUT2D eigenvalue weighted by Crippen LogP contribution is -2.19. The molecule has 96 valence electrons. The molecule has 1 unspecified atom stereocenters. The van der Waals surface area contributed by atoms with Crippen molar-refractivity contribution in [2.45, 2.75) is 39.8 Å². The molecule has 1 N–H and O–H groups in total. The van der Waals surface area contributed by atoms with Crippen molar-refractivity contribution in [3.63, 3.8) is 0 Å². The van der Waals surface area contributed by atoms with Crippen LogP contribution in [0.2, 0.25) is 0 Å². The monoisotopic (exact) mass is 237 g/mol. The second-order valence-electron chi connectivity index (χ2n) is 5.09. The largest absolute Gasteiger partial charge is 0.360 e. The van der Waals surface area contributed by atoms with Crippen LogP contribution < -0.4 is 5.32 Å². The molecule has 2 rings (SSSR count). The van der Waals surface area contributed by atoms with E-state index in [1.165, 1.54) is 19.5 Å². The zero-order valence-corrected chi connectivity index (χ0v) is 10.9. The van der Waals surface area contributed by atoms with Crippen LogP contribution >= 0.6 is 0 Å². The van der Waals surface area contributed by atoms with Crippen LogP contribution in [0, 0.1) is 5.92 Å². The van der Waals surface area contributed by atoms with Gasteiger partial charge in [0.15, 0.2) is 5.76 Å². The molecule has 0 saturated carbocycles. The molecule has 1 saturated heterocycles. The van der Waals surface area contributed by atoms with Crippen molar-refractivity contribution in [3.8, 4) is 0 Å². The van der Waals surface area contributed by atoms with Gasteiger partial charge in [0.1, 0.15) is 0 Å². The van der Waals surface area contributed by atoms with Gasteiger partial charge in [-0.1, -0.05) is 19.0 Å². The Hall–Kier alpha value is -0.870. The number of nitrogens with zero attached hydrogens (tertiary/aromatic N) is 2. The number of hydrogen-bond acceptors (Lipinski definition) is 4. The highest BCUT2D eigenvalue weighted by Gasteiger charge is 2.19. The molecule has 0 aliphatic carbocycles. The molecule has 1 fully saturated rings. The highest BCUT2D eigenvalue weighted by Crippen LogP contribution is 2.18. The van der Waals surface area contributed by atoms with Gasteiger partial charge in [-0.3, -0.25) is 4.90 Å². The molecule has 17 heavy (non-hydrogen) atoms. The predicted molar refractivity (Wildman–Crippen MR) is 67.6 cm³/mol. The summed E-state index contributed by atoms with van der Waals surface area (Å²) in [5.74, 6) is 1.82. The van der Waals surface area contributed by atoms with Gasteiger partial charge in [-0.2, -0.15) is 0 Å². The predicted octanol–water partition coefficient (Wildman–Crippen LogP) is 2.02. The number of hydrogen-bond donors (Lipinski definition) is 1. The van der Waals surface area contributed by atoms with Crippen LogP contribution in [0.4, 0.5) is 0 Å². The molecule has 4 nitrogen and oxygen atoms in total. The lowest BCUT2D eigenvalue weighted by atomic mass is 10.2. The minimum Gasteiger partial charge on any atom is -0.360 e. The first-order valence-corrected chi connectivity index (χ1v) is 6.65. The minimum atomic E-state index is 0.813. The standard InChI is InChI=1S/C13H23N3O/c1-3-5-14-8-12-7-13(17-15-12)10-16-6-4-11(2)9-16/h7,11,14H,3-6,8-10H2,1-2H3. The normalized spacial score (nSPS) is 21.2. The Balaban J connectivity index is 1.77. The van der Waals surface area contributed by atoms with E-state index in [0.29, 0.717) is 0 Å². The first-order chi connectivity index (χ1) is 8.28. The third-order valence-electron chi connectivity index (χ3n) is 3.23.